The summed E-state index contributed by atoms with van der Waals surface area (Å²) in [6.07, 6.45) is 5.86. The SMILES string of the molecule is C[C@@]1(c2cccc(Cc3ccc4ncnn4c3)c2Cl)CC(=O)N(C2CCOCC2)C(N)=N1. The van der Waals surface area contributed by atoms with E-state index in [-0.39, 0.29) is 24.3 Å². The molecule has 8 nitrogen and oxygen atoms in total. The molecule has 9 heteroatoms. The van der Waals surface area contributed by atoms with Crippen molar-refractivity contribution in [2.45, 2.75) is 44.2 Å². The van der Waals surface area contributed by atoms with E-state index < -0.39 is 5.54 Å². The first-order valence-corrected chi connectivity index (χ1v) is 11.1. The van der Waals surface area contributed by atoms with Crippen LogP contribution >= 0.6 is 11.6 Å². The van der Waals surface area contributed by atoms with Crippen LogP contribution in [0, 0.1) is 0 Å². The van der Waals surface area contributed by atoms with E-state index in [0.717, 1.165) is 35.2 Å². The largest absolute Gasteiger partial charge is 0.381 e. The van der Waals surface area contributed by atoms with Crippen LogP contribution in [0.2, 0.25) is 5.02 Å². The van der Waals surface area contributed by atoms with Gasteiger partial charge in [-0.05, 0) is 42.5 Å². The minimum absolute atomic E-state index is 0.0231. The number of pyridine rings is 1. The van der Waals surface area contributed by atoms with Gasteiger partial charge in [-0.2, -0.15) is 5.10 Å². The van der Waals surface area contributed by atoms with Crippen LogP contribution in [0.25, 0.3) is 5.65 Å². The summed E-state index contributed by atoms with van der Waals surface area (Å²) in [5.74, 6) is 0.235. The van der Waals surface area contributed by atoms with Crippen molar-refractivity contribution < 1.29 is 9.53 Å². The number of hydrogen-bond acceptors (Lipinski definition) is 6. The highest BCUT2D eigenvalue weighted by Gasteiger charge is 2.41. The van der Waals surface area contributed by atoms with Crippen LogP contribution in [0.5, 0.6) is 0 Å². The normalized spacial score (nSPS) is 22.4. The molecule has 1 aromatic carbocycles. The van der Waals surface area contributed by atoms with Crippen LogP contribution in [0.4, 0.5) is 0 Å². The Morgan fingerprint density at radius 1 is 1.25 bits per heavy atom. The standard InChI is InChI=1S/C23H25ClN6O2/c1-23(12-20(31)30(22(25)28-23)17-7-9-32-10-8-17)18-4-2-3-16(21(18)24)11-15-5-6-19-26-14-27-29(19)13-15/h2-6,13-14,17H,7-12H2,1H3,(H2,25,28)/t23-/m0/s1. The van der Waals surface area contributed by atoms with E-state index in [1.165, 1.54) is 6.33 Å². The van der Waals surface area contributed by atoms with Crippen LogP contribution in [-0.4, -0.2) is 50.6 Å². The van der Waals surface area contributed by atoms with E-state index in [4.69, 9.17) is 27.1 Å². The highest BCUT2D eigenvalue weighted by Crippen LogP contribution is 2.39. The molecule has 5 rings (SSSR count). The van der Waals surface area contributed by atoms with Crippen molar-refractivity contribution in [2.24, 2.45) is 10.7 Å². The third-order valence-corrected chi connectivity index (χ3v) is 6.76. The molecular weight excluding hydrogens is 428 g/mol. The molecular formula is C23H25ClN6O2. The first-order chi connectivity index (χ1) is 15.4. The third kappa shape index (κ3) is 3.73. The zero-order chi connectivity index (χ0) is 22.3. The Balaban J connectivity index is 1.45. The summed E-state index contributed by atoms with van der Waals surface area (Å²) in [6.45, 7) is 3.19. The molecule has 1 atom stereocenters. The molecule has 2 aliphatic rings. The van der Waals surface area contributed by atoms with Crippen molar-refractivity contribution in [3.63, 3.8) is 0 Å². The van der Waals surface area contributed by atoms with Crippen molar-refractivity contribution in [3.05, 3.63) is 64.6 Å². The van der Waals surface area contributed by atoms with Gasteiger partial charge in [-0.25, -0.2) is 14.5 Å². The van der Waals surface area contributed by atoms with E-state index >= 15 is 0 Å². The van der Waals surface area contributed by atoms with Crippen LogP contribution in [0.1, 0.15) is 42.9 Å². The average Bonchev–Trinajstić information content (AvgIpc) is 3.23. The summed E-state index contributed by atoms with van der Waals surface area (Å²) in [5, 5.41) is 4.81. The number of aliphatic imine (C=N–C) groups is 1. The molecule has 1 fully saturated rings. The number of ether oxygens (including phenoxy) is 1. The molecule has 32 heavy (non-hydrogen) atoms. The fourth-order valence-corrected chi connectivity index (χ4v) is 5.06. The molecule has 0 unspecified atom stereocenters. The molecule has 0 saturated carbocycles. The minimum atomic E-state index is -0.814. The monoisotopic (exact) mass is 452 g/mol. The minimum Gasteiger partial charge on any atom is -0.381 e. The molecule has 0 aliphatic carbocycles. The van der Waals surface area contributed by atoms with Crippen molar-refractivity contribution in [3.8, 4) is 0 Å². The number of carbonyl (C=O) groups is 1. The van der Waals surface area contributed by atoms with Gasteiger partial charge in [0.1, 0.15) is 6.33 Å². The van der Waals surface area contributed by atoms with Gasteiger partial charge in [-0.3, -0.25) is 9.69 Å². The lowest BCUT2D eigenvalue weighted by atomic mass is 9.85. The Hall–Kier alpha value is -2.97. The Kier molecular flexibility index (Phi) is 5.35. The highest BCUT2D eigenvalue weighted by molar-refractivity contribution is 6.32. The lowest BCUT2D eigenvalue weighted by Crippen LogP contribution is -2.55. The lowest BCUT2D eigenvalue weighted by molar-refractivity contribution is -0.132. The number of nitrogens with zero attached hydrogens (tertiary/aromatic N) is 5. The summed E-state index contributed by atoms with van der Waals surface area (Å²) in [7, 11) is 0. The molecule has 2 aromatic heterocycles. The summed E-state index contributed by atoms with van der Waals surface area (Å²) in [6, 6.07) is 9.86. The fourth-order valence-electron chi connectivity index (χ4n) is 4.66. The first-order valence-electron chi connectivity index (χ1n) is 10.8. The lowest BCUT2D eigenvalue weighted by Gasteiger charge is -2.40. The number of rotatable bonds is 4. The topological polar surface area (TPSA) is 98.1 Å². The fraction of sp³-hybridized carbons (Fsp3) is 0.391. The Morgan fingerprint density at radius 3 is 2.84 bits per heavy atom. The number of aromatic nitrogens is 3. The molecule has 166 valence electrons. The van der Waals surface area contributed by atoms with E-state index in [2.05, 4.69) is 10.1 Å². The predicted octanol–water partition coefficient (Wildman–Crippen LogP) is 2.91. The highest BCUT2D eigenvalue weighted by atomic mass is 35.5. The molecule has 2 N–H and O–H groups in total. The molecule has 3 aromatic rings. The van der Waals surface area contributed by atoms with Gasteiger partial charge in [0.05, 0.1) is 12.0 Å². The van der Waals surface area contributed by atoms with Gasteiger partial charge in [0, 0.05) is 36.9 Å². The van der Waals surface area contributed by atoms with E-state index in [9.17, 15) is 4.79 Å². The predicted molar refractivity (Wildman–Crippen MR) is 122 cm³/mol. The van der Waals surface area contributed by atoms with Gasteiger partial charge in [0.25, 0.3) is 0 Å². The Labute approximate surface area is 191 Å². The maximum absolute atomic E-state index is 13.1. The van der Waals surface area contributed by atoms with Crippen molar-refractivity contribution >= 4 is 29.1 Å². The molecule has 2 aliphatic heterocycles. The number of halogens is 1. The Morgan fingerprint density at radius 2 is 2.06 bits per heavy atom. The second-order valence-corrected chi connectivity index (χ2v) is 8.96. The van der Waals surface area contributed by atoms with Gasteiger partial charge in [0.2, 0.25) is 5.91 Å². The zero-order valence-corrected chi connectivity index (χ0v) is 18.6. The first kappa shape index (κ1) is 20.9. The van der Waals surface area contributed by atoms with Gasteiger partial charge < -0.3 is 10.5 Å². The quantitative estimate of drug-likeness (QED) is 0.656. The molecule has 0 spiro atoms. The van der Waals surface area contributed by atoms with E-state index in [0.29, 0.717) is 24.7 Å². The number of carbonyl (C=O) groups excluding carboxylic acids is 1. The Bertz CT molecular complexity index is 1200. The maximum Gasteiger partial charge on any atom is 0.232 e. The molecule has 4 heterocycles. The number of nitrogens with two attached hydrogens (primary N) is 1. The number of benzene rings is 1. The van der Waals surface area contributed by atoms with Crippen LogP contribution in [0.3, 0.4) is 0 Å². The summed E-state index contributed by atoms with van der Waals surface area (Å²) < 4.78 is 7.16. The number of guanidine groups is 1. The van der Waals surface area contributed by atoms with Gasteiger partial charge in [-0.15, -0.1) is 0 Å². The van der Waals surface area contributed by atoms with Gasteiger partial charge in [-0.1, -0.05) is 35.9 Å². The molecule has 0 radical (unpaired) electrons. The molecule has 1 amide bonds. The van der Waals surface area contributed by atoms with E-state index in [1.807, 2.05) is 43.5 Å². The van der Waals surface area contributed by atoms with Gasteiger partial charge >= 0.3 is 0 Å². The zero-order valence-electron chi connectivity index (χ0n) is 17.9. The van der Waals surface area contributed by atoms with Crippen molar-refractivity contribution in [1.82, 2.24) is 19.5 Å². The molecule has 0 bridgehead atoms. The van der Waals surface area contributed by atoms with Crippen LogP contribution < -0.4 is 5.73 Å². The summed E-state index contributed by atoms with van der Waals surface area (Å²) in [4.78, 5) is 23.8. The summed E-state index contributed by atoms with van der Waals surface area (Å²) >= 11 is 6.87. The summed E-state index contributed by atoms with van der Waals surface area (Å²) in [5.41, 5.74) is 9.12. The average molecular weight is 453 g/mol. The number of amides is 1. The maximum atomic E-state index is 13.1. The second kappa shape index (κ2) is 8.18. The second-order valence-electron chi connectivity index (χ2n) is 8.58. The van der Waals surface area contributed by atoms with Crippen molar-refractivity contribution in [1.29, 1.82) is 0 Å². The van der Waals surface area contributed by atoms with Crippen molar-refractivity contribution in [2.75, 3.05) is 13.2 Å². The number of fused-ring (bicyclic) bond motifs is 1. The smallest absolute Gasteiger partial charge is 0.232 e. The number of hydrogen-bond donors (Lipinski definition) is 1. The van der Waals surface area contributed by atoms with Crippen LogP contribution in [-0.2, 0) is 21.5 Å². The van der Waals surface area contributed by atoms with Gasteiger partial charge in [0.15, 0.2) is 11.6 Å². The third-order valence-electron chi connectivity index (χ3n) is 6.32. The van der Waals surface area contributed by atoms with E-state index in [1.54, 1.807) is 9.42 Å². The van der Waals surface area contributed by atoms with Crippen LogP contribution in [0.15, 0.2) is 47.8 Å². The molecule has 1 saturated heterocycles.